The molecule has 132 valence electrons. The average molecular weight is 339 g/mol. The maximum atomic E-state index is 11.1. The zero-order valence-corrected chi connectivity index (χ0v) is 14.4. The van der Waals surface area contributed by atoms with Crippen molar-refractivity contribution in [3.8, 4) is 5.75 Å². The standard InChI is InChI=1S/C20H25N3O2/c21-20(24)16-8-10-17(11-9-16)25-15-5-14-23-13-4-2-7-19(23)18-6-1-3-12-22-18/h1,3,6,8-12,19H,2,4-5,7,13-15H2,(H2,21,24)/t19-/m1/s1. The molecule has 0 radical (unpaired) electrons. The predicted molar refractivity (Wildman–Crippen MR) is 97.5 cm³/mol. The maximum Gasteiger partial charge on any atom is 0.248 e. The second-order valence-corrected chi connectivity index (χ2v) is 6.39. The molecule has 5 nitrogen and oxygen atoms in total. The zero-order valence-electron chi connectivity index (χ0n) is 14.4. The summed E-state index contributed by atoms with van der Waals surface area (Å²) >= 11 is 0. The minimum absolute atomic E-state index is 0.419. The Morgan fingerprint density at radius 3 is 2.76 bits per heavy atom. The summed E-state index contributed by atoms with van der Waals surface area (Å²) < 4.78 is 5.78. The van der Waals surface area contributed by atoms with E-state index in [1.165, 1.54) is 25.0 Å². The molecule has 0 unspecified atom stereocenters. The van der Waals surface area contributed by atoms with E-state index in [4.69, 9.17) is 10.5 Å². The lowest BCUT2D eigenvalue weighted by molar-refractivity contribution is 0.1000. The van der Waals surface area contributed by atoms with Gasteiger partial charge in [0.05, 0.1) is 18.3 Å². The number of rotatable bonds is 7. The van der Waals surface area contributed by atoms with Crippen LogP contribution < -0.4 is 10.5 Å². The van der Waals surface area contributed by atoms with E-state index in [0.717, 1.165) is 25.3 Å². The van der Waals surface area contributed by atoms with Crippen molar-refractivity contribution in [3.63, 3.8) is 0 Å². The van der Waals surface area contributed by atoms with E-state index in [1.54, 1.807) is 24.3 Å². The predicted octanol–water partition coefficient (Wildman–Crippen LogP) is 3.18. The number of amides is 1. The number of hydrogen-bond acceptors (Lipinski definition) is 4. The fourth-order valence-corrected chi connectivity index (χ4v) is 3.34. The summed E-state index contributed by atoms with van der Waals surface area (Å²) in [7, 11) is 0. The molecule has 0 aliphatic carbocycles. The molecule has 0 saturated carbocycles. The number of piperidine rings is 1. The van der Waals surface area contributed by atoms with Gasteiger partial charge in [-0.05, 0) is 62.2 Å². The number of hydrogen-bond donors (Lipinski definition) is 1. The average Bonchev–Trinajstić information content (AvgIpc) is 2.66. The third-order valence-electron chi connectivity index (χ3n) is 4.64. The third kappa shape index (κ3) is 4.79. The SMILES string of the molecule is NC(=O)c1ccc(OCCCN2CCCC[C@@H]2c2ccccn2)cc1. The summed E-state index contributed by atoms with van der Waals surface area (Å²) in [5, 5.41) is 0. The van der Waals surface area contributed by atoms with Crippen LogP contribution in [0.25, 0.3) is 0 Å². The number of benzene rings is 1. The van der Waals surface area contributed by atoms with E-state index in [9.17, 15) is 4.79 Å². The highest BCUT2D eigenvalue weighted by Crippen LogP contribution is 2.29. The minimum Gasteiger partial charge on any atom is -0.494 e. The number of likely N-dealkylation sites (tertiary alicyclic amines) is 1. The summed E-state index contributed by atoms with van der Waals surface area (Å²) in [6.07, 6.45) is 6.52. The van der Waals surface area contributed by atoms with Crippen LogP contribution >= 0.6 is 0 Å². The van der Waals surface area contributed by atoms with Crippen LogP contribution in [0.4, 0.5) is 0 Å². The van der Waals surface area contributed by atoms with Crippen molar-refractivity contribution in [2.45, 2.75) is 31.7 Å². The van der Waals surface area contributed by atoms with E-state index in [-0.39, 0.29) is 0 Å². The number of ether oxygens (including phenoxy) is 1. The topological polar surface area (TPSA) is 68.5 Å². The molecule has 25 heavy (non-hydrogen) atoms. The summed E-state index contributed by atoms with van der Waals surface area (Å²) in [4.78, 5) is 18.1. The lowest BCUT2D eigenvalue weighted by Gasteiger charge is -2.35. The van der Waals surface area contributed by atoms with Gasteiger partial charge in [-0.2, -0.15) is 0 Å². The Kier molecular flexibility index (Phi) is 6.01. The highest BCUT2D eigenvalue weighted by Gasteiger charge is 2.24. The van der Waals surface area contributed by atoms with E-state index < -0.39 is 5.91 Å². The van der Waals surface area contributed by atoms with Gasteiger partial charge in [0, 0.05) is 18.3 Å². The Labute approximate surface area is 148 Å². The van der Waals surface area contributed by atoms with Crippen LogP contribution in [0.15, 0.2) is 48.7 Å². The highest BCUT2D eigenvalue weighted by atomic mass is 16.5. The van der Waals surface area contributed by atoms with Crippen molar-refractivity contribution in [2.24, 2.45) is 5.73 Å². The minimum atomic E-state index is -0.419. The van der Waals surface area contributed by atoms with Crippen LogP contribution in [0.3, 0.4) is 0 Å². The van der Waals surface area contributed by atoms with Gasteiger partial charge in [-0.15, -0.1) is 0 Å². The van der Waals surface area contributed by atoms with Gasteiger partial charge in [0.15, 0.2) is 0 Å². The van der Waals surface area contributed by atoms with Crippen molar-refractivity contribution in [3.05, 3.63) is 59.9 Å². The van der Waals surface area contributed by atoms with E-state index in [2.05, 4.69) is 22.0 Å². The van der Waals surface area contributed by atoms with Crippen molar-refractivity contribution in [1.82, 2.24) is 9.88 Å². The number of carbonyl (C=O) groups excluding carboxylic acids is 1. The molecule has 2 N–H and O–H groups in total. The van der Waals surface area contributed by atoms with Crippen LogP contribution in [-0.4, -0.2) is 35.5 Å². The van der Waals surface area contributed by atoms with Crippen LogP contribution in [0.5, 0.6) is 5.75 Å². The van der Waals surface area contributed by atoms with Crippen LogP contribution in [0, 0.1) is 0 Å². The fraction of sp³-hybridized carbons (Fsp3) is 0.400. The molecular weight excluding hydrogens is 314 g/mol. The molecule has 1 aromatic carbocycles. The first-order chi connectivity index (χ1) is 12.2. The number of primary amides is 1. The molecule has 1 atom stereocenters. The number of nitrogens with zero attached hydrogens (tertiary/aromatic N) is 2. The molecule has 2 aromatic rings. The Bertz CT molecular complexity index is 673. The normalized spacial score (nSPS) is 18.0. The largest absolute Gasteiger partial charge is 0.494 e. The molecule has 1 fully saturated rings. The number of carbonyl (C=O) groups is 1. The zero-order chi connectivity index (χ0) is 17.5. The highest BCUT2D eigenvalue weighted by molar-refractivity contribution is 5.92. The first-order valence-electron chi connectivity index (χ1n) is 8.92. The quantitative estimate of drug-likeness (QED) is 0.787. The first kappa shape index (κ1) is 17.4. The van der Waals surface area contributed by atoms with Gasteiger partial charge >= 0.3 is 0 Å². The van der Waals surface area contributed by atoms with Crippen LogP contribution in [0.1, 0.15) is 47.8 Å². The molecule has 2 heterocycles. The van der Waals surface area contributed by atoms with Gasteiger partial charge < -0.3 is 10.5 Å². The lowest BCUT2D eigenvalue weighted by atomic mass is 9.98. The first-order valence-corrected chi connectivity index (χ1v) is 8.92. The number of nitrogens with two attached hydrogens (primary N) is 1. The van der Waals surface area contributed by atoms with Crippen molar-refractivity contribution in [2.75, 3.05) is 19.7 Å². The molecule has 1 aliphatic rings. The van der Waals surface area contributed by atoms with Gasteiger partial charge in [0.1, 0.15) is 5.75 Å². The molecular formula is C20H25N3O2. The number of pyridine rings is 1. The third-order valence-corrected chi connectivity index (χ3v) is 4.64. The van der Waals surface area contributed by atoms with Crippen LogP contribution in [0.2, 0.25) is 0 Å². The molecule has 1 saturated heterocycles. The van der Waals surface area contributed by atoms with E-state index >= 15 is 0 Å². The number of aromatic nitrogens is 1. The summed E-state index contributed by atoms with van der Waals surface area (Å²) in [5.41, 5.74) is 6.91. The van der Waals surface area contributed by atoms with Crippen molar-refractivity contribution >= 4 is 5.91 Å². The van der Waals surface area contributed by atoms with Gasteiger partial charge in [-0.1, -0.05) is 12.5 Å². The van der Waals surface area contributed by atoms with Gasteiger partial charge in [0.2, 0.25) is 5.91 Å². The molecule has 0 bridgehead atoms. The molecule has 1 aromatic heterocycles. The Hall–Kier alpha value is -2.40. The molecule has 0 spiro atoms. The fourth-order valence-electron chi connectivity index (χ4n) is 3.34. The van der Waals surface area contributed by atoms with Crippen molar-refractivity contribution in [1.29, 1.82) is 0 Å². The summed E-state index contributed by atoms with van der Waals surface area (Å²) in [5.74, 6) is 0.349. The smallest absolute Gasteiger partial charge is 0.248 e. The summed E-state index contributed by atoms with van der Waals surface area (Å²) in [6.45, 7) is 2.77. The molecule has 3 rings (SSSR count). The monoisotopic (exact) mass is 339 g/mol. The molecule has 1 amide bonds. The molecule has 1 aliphatic heterocycles. The second kappa shape index (κ2) is 8.62. The Morgan fingerprint density at radius 2 is 2.04 bits per heavy atom. The van der Waals surface area contributed by atoms with E-state index in [0.29, 0.717) is 18.2 Å². The maximum absolute atomic E-state index is 11.1. The van der Waals surface area contributed by atoms with Gasteiger partial charge in [0.25, 0.3) is 0 Å². The Morgan fingerprint density at radius 1 is 1.20 bits per heavy atom. The lowest BCUT2D eigenvalue weighted by Crippen LogP contribution is -2.35. The van der Waals surface area contributed by atoms with Crippen LogP contribution in [-0.2, 0) is 0 Å². The van der Waals surface area contributed by atoms with Crippen molar-refractivity contribution < 1.29 is 9.53 Å². The second-order valence-electron chi connectivity index (χ2n) is 6.39. The Balaban J connectivity index is 1.48. The van der Waals surface area contributed by atoms with E-state index in [1.807, 2.05) is 12.3 Å². The summed E-state index contributed by atoms with van der Waals surface area (Å²) in [6, 6.07) is 13.5. The molecule has 5 heteroatoms. The van der Waals surface area contributed by atoms with Gasteiger partial charge in [-0.3, -0.25) is 14.7 Å². The van der Waals surface area contributed by atoms with Gasteiger partial charge in [-0.25, -0.2) is 0 Å².